The fourth-order valence-electron chi connectivity index (χ4n) is 4.06. The molecule has 5 heteroatoms. The van der Waals surface area contributed by atoms with Crippen LogP contribution in [0.3, 0.4) is 0 Å². The molecule has 1 aliphatic rings. The van der Waals surface area contributed by atoms with Gasteiger partial charge in [0.05, 0.1) is 13.2 Å². The lowest BCUT2D eigenvalue weighted by atomic mass is 10.1. The molecule has 0 spiro atoms. The maximum absolute atomic E-state index is 12.4. The van der Waals surface area contributed by atoms with E-state index in [1.807, 2.05) is 0 Å². The van der Waals surface area contributed by atoms with Crippen LogP contribution < -0.4 is 5.32 Å². The summed E-state index contributed by atoms with van der Waals surface area (Å²) in [6, 6.07) is 17.2. The highest BCUT2D eigenvalue weighted by molar-refractivity contribution is 5.85. The molecule has 4 rings (SSSR count). The van der Waals surface area contributed by atoms with E-state index in [9.17, 15) is 4.79 Å². The van der Waals surface area contributed by atoms with Crippen LogP contribution in [0.25, 0.3) is 10.9 Å². The van der Waals surface area contributed by atoms with Crippen LogP contribution in [0.5, 0.6) is 0 Å². The van der Waals surface area contributed by atoms with Gasteiger partial charge >= 0.3 is 0 Å². The van der Waals surface area contributed by atoms with Crippen LogP contribution in [-0.2, 0) is 22.5 Å². The average molecular weight is 406 g/mol. The van der Waals surface area contributed by atoms with E-state index in [4.69, 9.17) is 4.74 Å². The fraction of sp³-hybridized carbons (Fsp3) is 0.400. The molecule has 0 atom stereocenters. The number of amides is 1. The van der Waals surface area contributed by atoms with Crippen molar-refractivity contribution in [1.29, 1.82) is 0 Å². The molecule has 0 aliphatic carbocycles. The predicted octanol–water partition coefficient (Wildman–Crippen LogP) is 3.38. The Labute approximate surface area is 178 Å². The molecule has 0 radical (unpaired) electrons. The highest BCUT2D eigenvalue weighted by atomic mass is 16.5. The molecule has 3 aromatic rings. The van der Waals surface area contributed by atoms with Gasteiger partial charge in [-0.25, -0.2) is 0 Å². The first-order chi connectivity index (χ1) is 14.7. The van der Waals surface area contributed by atoms with Crippen LogP contribution in [0.4, 0.5) is 0 Å². The van der Waals surface area contributed by atoms with E-state index in [-0.39, 0.29) is 5.91 Å². The van der Waals surface area contributed by atoms with E-state index in [0.29, 0.717) is 13.0 Å². The Kier molecular flexibility index (Phi) is 6.82. The standard InChI is InChI=1S/C25H31N3O2/c1-20-6-8-21(9-7-20)18-28-19-22(23-4-2-3-5-24(23)28)10-11-25(29)26-12-13-27-14-16-30-17-15-27/h2-9,19H,10-18H2,1H3,(H,26,29). The SMILES string of the molecule is Cc1ccc(Cn2cc(CCC(=O)NCCN3CCOCC3)c3ccccc32)cc1. The second kappa shape index (κ2) is 9.92. The van der Waals surface area contributed by atoms with Gasteiger partial charge in [-0.2, -0.15) is 0 Å². The number of morpholine rings is 1. The number of aromatic nitrogens is 1. The lowest BCUT2D eigenvalue weighted by Gasteiger charge is -2.26. The lowest BCUT2D eigenvalue weighted by Crippen LogP contribution is -2.41. The lowest BCUT2D eigenvalue weighted by molar-refractivity contribution is -0.121. The summed E-state index contributed by atoms with van der Waals surface area (Å²) in [5.41, 5.74) is 5.02. The number of rotatable bonds is 8. The van der Waals surface area contributed by atoms with Crippen molar-refractivity contribution >= 4 is 16.8 Å². The predicted molar refractivity (Wildman–Crippen MR) is 121 cm³/mol. The van der Waals surface area contributed by atoms with Crippen LogP contribution >= 0.6 is 0 Å². The van der Waals surface area contributed by atoms with Crippen molar-refractivity contribution in [1.82, 2.24) is 14.8 Å². The van der Waals surface area contributed by atoms with E-state index >= 15 is 0 Å². The monoisotopic (exact) mass is 405 g/mol. The molecular formula is C25H31N3O2. The second-order valence-electron chi connectivity index (χ2n) is 8.09. The van der Waals surface area contributed by atoms with Gasteiger partial charge < -0.3 is 14.6 Å². The minimum Gasteiger partial charge on any atom is -0.379 e. The molecule has 30 heavy (non-hydrogen) atoms. The molecule has 2 aromatic carbocycles. The number of carbonyl (C=O) groups excluding carboxylic acids is 1. The molecule has 0 unspecified atom stereocenters. The van der Waals surface area contributed by atoms with Gasteiger partial charge in [0.1, 0.15) is 0 Å². The van der Waals surface area contributed by atoms with Gasteiger partial charge in [0, 0.05) is 56.2 Å². The minimum atomic E-state index is 0.124. The largest absolute Gasteiger partial charge is 0.379 e. The van der Waals surface area contributed by atoms with Crippen molar-refractivity contribution in [2.75, 3.05) is 39.4 Å². The van der Waals surface area contributed by atoms with Gasteiger partial charge in [-0.15, -0.1) is 0 Å². The smallest absolute Gasteiger partial charge is 0.220 e. The third-order valence-electron chi connectivity index (χ3n) is 5.82. The number of carbonyl (C=O) groups is 1. The molecule has 1 fully saturated rings. The summed E-state index contributed by atoms with van der Waals surface area (Å²) in [5.74, 6) is 0.124. The second-order valence-corrected chi connectivity index (χ2v) is 8.09. The number of para-hydroxylation sites is 1. The molecule has 158 valence electrons. The molecule has 0 saturated carbocycles. The highest BCUT2D eigenvalue weighted by Gasteiger charge is 2.12. The van der Waals surface area contributed by atoms with Crippen LogP contribution in [0, 0.1) is 6.92 Å². The summed E-state index contributed by atoms with van der Waals surface area (Å²) in [6.07, 6.45) is 3.48. The normalized spacial score (nSPS) is 14.8. The van der Waals surface area contributed by atoms with Crippen LogP contribution in [0.1, 0.15) is 23.1 Å². The Morgan fingerprint density at radius 2 is 1.83 bits per heavy atom. The number of nitrogens with zero attached hydrogens (tertiary/aromatic N) is 2. The van der Waals surface area contributed by atoms with Gasteiger partial charge in [-0.1, -0.05) is 48.0 Å². The molecule has 1 aromatic heterocycles. The number of nitrogens with one attached hydrogen (secondary N) is 1. The first-order valence-corrected chi connectivity index (χ1v) is 10.9. The van der Waals surface area contributed by atoms with Crippen molar-refractivity contribution < 1.29 is 9.53 Å². The Morgan fingerprint density at radius 1 is 1.07 bits per heavy atom. The molecule has 1 amide bonds. The van der Waals surface area contributed by atoms with Crippen molar-refractivity contribution in [2.24, 2.45) is 0 Å². The van der Waals surface area contributed by atoms with E-state index in [2.05, 4.69) is 76.4 Å². The number of ether oxygens (including phenoxy) is 1. The number of aryl methyl sites for hydroxylation is 2. The summed E-state index contributed by atoms with van der Waals surface area (Å²) < 4.78 is 7.66. The molecular weight excluding hydrogens is 374 g/mol. The summed E-state index contributed by atoms with van der Waals surface area (Å²) >= 11 is 0. The van der Waals surface area contributed by atoms with Crippen LogP contribution in [0.15, 0.2) is 54.7 Å². The van der Waals surface area contributed by atoms with Gasteiger partial charge in [-0.05, 0) is 30.5 Å². The van der Waals surface area contributed by atoms with Gasteiger partial charge in [0.2, 0.25) is 5.91 Å². The van der Waals surface area contributed by atoms with Crippen molar-refractivity contribution in [3.8, 4) is 0 Å². The molecule has 1 N–H and O–H groups in total. The van der Waals surface area contributed by atoms with Crippen molar-refractivity contribution in [3.05, 3.63) is 71.4 Å². The number of hydrogen-bond donors (Lipinski definition) is 1. The van der Waals surface area contributed by atoms with Gasteiger partial charge in [0.15, 0.2) is 0 Å². The van der Waals surface area contributed by atoms with Crippen molar-refractivity contribution in [2.45, 2.75) is 26.3 Å². The van der Waals surface area contributed by atoms with Crippen molar-refractivity contribution in [3.63, 3.8) is 0 Å². The summed E-state index contributed by atoms with van der Waals surface area (Å²) in [6.45, 7) is 8.04. The Hall–Kier alpha value is -2.63. The van der Waals surface area contributed by atoms with Crippen LogP contribution in [0.2, 0.25) is 0 Å². The quantitative estimate of drug-likeness (QED) is 0.625. The maximum atomic E-state index is 12.4. The topological polar surface area (TPSA) is 46.5 Å². The Balaban J connectivity index is 1.35. The van der Waals surface area contributed by atoms with E-state index < -0.39 is 0 Å². The van der Waals surface area contributed by atoms with E-state index in [1.165, 1.54) is 27.6 Å². The Morgan fingerprint density at radius 3 is 2.63 bits per heavy atom. The fourth-order valence-corrected chi connectivity index (χ4v) is 4.06. The maximum Gasteiger partial charge on any atom is 0.220 e. The first-order valence-electron chi connectivity index (χ1n) is 10.9. The van der Waals surface area contributed by atoms with Gasteiger partial charge in [0.25, 0.3) is 0 Å². The molecule has 1 aliphatic heterocycles. The Bertz CT molecular complexity index is 972. The third-order valence-corrected chi connectivity index (χ3v) is 5.82. The minimum absolute atomic E-state index is 0.124. The average Bonchev–Trinajstić information content (AvgIpc) is 3.12. The number of hydrogen-bond acceptors (Lipinski definition) is 3. The van der Waals surface area contributed by atoms with E-state index in [1.54, 1.807) is 0 Å². The molecule has 2 heterocycles. The van der Waals surface area contributed by atoms with E-state index in [0.717, 1.165) is 45.8 Å². The zero-order valence-electron chi connectivity index (χ0n) is 17.8. The molecule has 1 saturated heterocycles. The van der Waals surface area contributed by atoms with Crippen LogP contribution in [-0.4, -0.2) is 54.8 Å². The number of fused-ring (bicyclic) bond motifs is 1. The zero-order chi connectivity index (χ0) is 20.8. The molecule has 0 bridgehead atoms. The summed E-state index contributed by atoms with van der Waals surface area (Å²) in [5, 5.41) is 4.31. The summed E-state index contributed by atoms with van der Waals surface area (Å²) in [4.78, 5) is 14.7. The van der Waals surface area contributed by atoms with Gasteiger partial charge in [-0.3, -0.25) is 9.69 Å². The summed E-state index contributed by atoms with van der Waals surface area (Å²) in [7, 11) is 0. The highest BCUT2D eigenvalue weighted by Crippen LogP contribution is 2.23. The third kappa shape index (κ3) is 5.29. The first kappa shape index (κ1) is 20.6. The zero-order valence-corrected chi connectivity index (χ0v) is 17.8. The molecule has 5 nitrogen and oxygen atoms in total. The number of benzene rings is 2.